The third kappa shape index (κ3) is 6.43. The SMILES string of the molecule is CC(C)(C)OC(=O)N1CCCC(N(Cc2ccccc2)S(=O)(=O)c2ccc(I)cc2)C1. The molecule has 2 aromatic rings. The third-order valence-corrected chi connectivity index (χ3v) is 7.69. The third-order valence-electron chi connectivity index (χ3n) is 5.06. The Hall–Kier alpha value is -1.65. The molecular formula is C23H29IN2O4S. The van der Waals surface area contributed by atoms with Crippen LogP contribution in [-0.4, -0.2) is 48.4 Å². The quantitative estimate of drug-likeness (QED) is 0.493. The average Bonchev–Trinajstić information content (AvgIpc) is 2.72. The molecule has 31 heavy (non-hydrogen) atoms. The fraction of sp³-hybridized carbons (Fsp3) is 0.435. The second-order valence-corrected chi connectivity index (χ2v) is 11.8. The highest BCUT2D eigenvalue weighted by Gasteiger charge is 2.36. The van der Waals surface area contributed by atoms with Gasteiger partial charge in [-0.1, -0.05) is 30.3 Å². The van der Waals surface area contributed by atoms with Gasteiger partial charge in [0, 0.05) is 29.2 Å². The van der Waals surface area contributed by atoms with Crippen molar-refractivity contribution in [2.24, 2.45) is 0 Å². The van der Waals surface area contributed by atoms with Crippen LogP contribution in [0.1, 0.15) is 39.2 Å². The highest BCUT2D eigenvalue weighted by molar-refractivity contribution is 14.1. The number of hydrogen-bond acceptors (Lipinski definition) is 4. The van der Waals surface area contributed by atoms with Crippen molar-refractivity contribution < 1.29 is 17.9 Å². The molecule has 0 aliphatic carbocycles. The van der Waals surface area contributed by atoms with E-state index in [1.54, 1.807) is 33.5 Å². The van der Waals surface area contributed by atoms with E-state index in [1.165, 1.54) is 0 Å². The lowest BCUT2D eigenvalue weighted by Gasteiger charge is -2.39. The first kappa shape index (κ1) is 24.0. The summed E-state index contributed by atoms with van der Waals surface area (Å²) in [6.45, 7) is 6.61. The number of halogens is 1. The molecule has 1 unspecified atom stereocenters. The molecule has 3 rings (SSSR count). The molecule has 1 aliphatic rings. The fourth-order valence-corrected chi connectivity index (χ4v) is 5.59. The summed E-state index contributed by atoms with van der Waals surface area (Å²) in [6.07, 6.45) is 1.01. The number of rotatable bonds is 5. The molecular weight excluding hydrogens is 527 g/mol. The monoisotopic (exact) mass is 556 g/mol. The maximum absolute atomic E-state index is 13.6. The van der Waals surface area contributed by atoms with Crippen LogP contribution in [0.3, 0.4) is 0 Å². The number of carbonyl (C=O) groups is 1. The summed E-state index contributed by atoms with van der Waals surface area (Å²) >= 11 is 2.16. The van der Waals surface area contributed by atoms with E-state index in [0.717, 1.165) is 15.6 Å². The number of ether oxygens (including phenoxy) is 1. The van der Waals surface area contributed by atoms with E-state index in [9.17, 15) is 13.2 Å². The van der Waals surface area contributed by atoms with Gasteiger partial charge in [-0.15, -0.1) is 0 Å². The van der Waals surface area contributed by atoms with Crippen LogP contribution in [0.2, 0.25) is 0 Å². The zero-order valence-corrected chi connectivity index (χ0v) is 21.1. The number of carbonyl (C=O) groups excluding carboxylic acids is 1. The summed E-state index contributed by atoms with van der Waals surface area (Å²) in [5.41, 5.74) is 0.312. The molecule has 0 spiro atoms. The van der Waals surface area contributed by atoms with E-state index in [-0.39, 0.29) is 17.5 Å². The molecule has 2 aromatic carbocycles. The molecule has 168 valence electrons. The summed E-state index contributed by atoms with van der Waals surface area (Å²) in [6, 6.07) is 16.1. The maximum Gasteiger partial charge on any atom is 0.410 e. The average molecular weight is 556 g/mol. The van der Waals surface area contributed by atoms with E-state index >= 15 is 0 Å². The minimum atomic E-state index is -3.75. The molecule has 0 N–H and O–H groups in total. The van der Waals surface area contributed by atoms with Gasteiger partial charge in [0.05, 0.1) is 4.90 Å². The topological polar surface area (TPSA) is 66.9 Å². The largest absolute Gasteiger partial charge is 0.444 e. The van der Waals surface area contributed by atoms with E-state index in [1.807, 2.05) is 51.1 Å². The lowest BCUT2D eigenvalue weighted by atomic mass is 10.1. The maximum atomic E-state index is 13.6. The van der Waals surface area contributed by atoms with Gasteiger partial charge in [-0.25, -0.2) is 13.2 Å². The second-order valence-electron chi connectivity index (χ2n) is 8.71. The summed E-state index contributed by atoms with van der Waals surface area (Å²) in [4.78, 5) is 14.5. The van der Waals surface area contributed by atoms with Crippen molar-refractivity contribution in [3.63, 3.8) is 0 Å². The molecule has 1 amide bonds. The smallest absolute Gasteiger partial charge is 0.410 e. The van der Waals surface area contributed by atoms with Gasteiger partial charge >= 0.3 is 6.09 Å². The van der Waals surface area contributed by atoms with E-state index in [2.05, 4.69) is 22.6 Å². The van der Waals surface area contributed by atoms with Gasteiger partial charge in [-0.2, -0.15) is 4.31 Å². The number of piperidine rings is 1. The molecule has 1 atom stereocenters. The van der Waals surface area contributed by atoms with Gasteiger partial charge in [0.1, 0.15) is 5.60 Å². The van der Waals surface area contributed by atoms with Gasteiger partial charge in [-0.05, 0) is 86.0 Å². The Labute approximate surface area is 198 Å². The fourth-order valence-electron chi connectivity index (χ4n) is 3.60. The lowest BCUT2D eigenvalue weighted by Crippen LogP contribution is -2.52. The lowest BCUT2D eigenvalue weighted by molar-refractivity contribution is 0.0152. The first-order valence-corrected chi connectivity index (χ1v) is 12.9. The first-order valence-electron chi connectivity index (χ1n) is 10.4. The Kier molecular flexibility index (Phi) is 7.64. The van der Waals surface area contributed by atoms with Crippen molar-refractivity contribution in [3.8, 4) is 0 Å². The van der Waals surface area contributed by atoms with Crippen molar-refractivity contribution in [2.45, 2.75) is 56.7 Å². The predicted molar refractivity (Wildman–Crippen MR) is 129 cm³/mol. The molecule has 6 nitrogen and oxygen atoms in total. The van der Waals surface area contributed by atoms with Crippen molar-refractivity contribution in [2.75, 3.05) is 13.1 Å². The Morgan fingerprint density at radius 2 is 1.77 bits per heavy atom. The zero-order valence-electron chi connectivity index (χ0n) is 18.1. The number of nitrogens with zero attached hydrogens (tertiary/aromatic N) is 2. The van der Waals surface area contributed by atoms with Crippen LogP contribution in [-0.2, 0) is 21.3 Å². The molecule has 1 saturated heterocycles. The van der Waals surface area contributed by atoms with Crippen LogP contribution >= 0.6 is 22.6 Å². The molecule has 0 bridgehead atoms. The number of likely N-dealkylation sites (tertiary alicyclic amines) is 1. The minimum absolute atomic E-state index is 0.252. The van der Waals surface area contributed by atoms with Crippen LogP contribution < -0.4 is 0 Å². The number of benzene rings is 2. The number of sulfonamides is 1. The Bertz CT molecular complexity index is 988. The number of amides is 1. The van der Waals surface area contributed by atoms with Crippen molar-refractivity contribution in [1.29, 1.82) is 0 Å². The molecule has 1 aliphatic heterocycles. The van der Waals surface area contributed by atoms with Crippen molar-refractivity contribution >= 4 is 38.7 Å². The molecule has 8 heteroatoms. The van der Waals surface area contributed by atoms with Gasteiger partial charge in [0.25, 0.3) is 0 Å². The highest BCUT2D eigenvalue weighted by atomic mass is 127. The molecule has 0 radical (unpaired) electrons. The van der Waals surface area contributed by atoms with Crippen molar-refractivity contribution in [3.05, 3.63) is 63.7 Å². The van der Waals surface area contributed by atoms with Gasteiger partial charge in [0.15, 0.2) is 0 Å². The normalized spacial score (nSPS) is 17.6. The first-order chi connectivity index (χ1) is 14.6. The van der Waals surface area contributed by atoms with Gasteiger partial charge in [0.2, 0.25) is 10.0 Å². The van der Waals surface area contributed by atoms with Crippen LogP contribution in [0.5, 0.6) is 0 Å². The van der Waals surface area contributed by atoms with E-state index in [4.69, 9.17) is 4.74 Å². The molecule has 1 fully saturated rings. The molecule has 0 saturated carbocycles. The van der Waals surface area contributed by atoms with Crippen LogP contribution in [0.4, 0.5) is 4.79 Å². The summed E-state index contributed by atoms with van der Waals surface area (Å²) in [5.74, 6) is 0. The summed E-state index contributed by atoms with van der Waals surface area (Å²) < 4.78 is 35.3. The Morgan fingerprint density at radius 3 is 2.39 bits per heavy atom. The molecule has 0 aromatic heterocycles. The Balaban J connectivity index is 1.90. The van der Waals surface area contributed by atoms with Crippen LogP contribution in [0.15, 0.2) is 59.5 Å². The highest BCUT2D eigenvalue weighted by Crippen LogP contribution is 2.27. The minimum Gasteiger partial charge on any atom is -0.444 e. The predicted octanol–water partition coefficient (Wildman–Crippen LogP) is 4.88. The Morgan fingerprint density at radius 1 is 1.13 bits per heavy atom. The van der Waals surface area contributed by atoms with E-state index in [0.29, 0.717) is 19.5 Å². The van der Waals surface area contributed by atoms with Crippen LogP contribution in [0.25, 0.3) is 0 Å². The molecule has 1 heterocycles. The number of hydrogen-bond donors (Lipinski definition) is 0. The summed E-state index contributed by atoms with van der Waals surface area (Å²) in [5, 5.41) is 0. The second kappa shape index (κ2) is 9.87. The van der Waals surface area contributed by atoms with Gasteiger partial charge < -0.3 is 9.64 Å². The zero-order chi connectivity index (χ0) is 22.6. The van der Waals surface area contributed by atoms with E-state index < -0.39 is 21.7 Å². The summed E-state index contributed by atoms with van der Waals surface area (Å²) in [7, 11) is -3.75. The van der Waals surface area contributed by atoms with Crippen LogP contribution in [0, 0.1) is 3.57 Å². The van der Waals surface area contributed by atoms with Crippen molar-refractivity contribution in [1.82, 2.24) is 9.21 Å². The standard InChI is InChI=1S/C23H29IN2O4S/c1-23(2,3)30-22(27)25-15-7-10-20(17-25)26(16-18-8-5-4-6-9-18)31(28,29)21-13-11-19(24)12-14-21/h4-6,8-9,11-14,20H,7,10,15-17H2,1-3H3. The van der Waals surface area contributed by atoms with Gasteiger partial charge in [-0.3, -0.25) is 0 Å².